The van der Waals surface area contributed by atoms with Crippen LogP contribution < -0.4 is 9.46 Å². The number of benzene rings is 1. The van der Waals surface area contributed by atoms with Gasteiger partial charge in [-0.3, -0.25) is 0 Å². The number of hydrogen-bond acceptors (Lipinski definition) is 3. The van der Waals surface area contributed by atoms with Gasteiger partial charge in [0.2, 0.25) is 10.0 Å². The maximum Gasteiger partial charge on any atom is 0.240 e. The molecular formula is C15H22BrNO3S. The summed E-state index contributed by atoms with van der Waals surface area (Å²) in [6.07, 6.45) is 6.44. The third kappa shape index (κ3) is 4.69. The molecule has 0 amide bonds. The maximum absolute atomic E-state index is 12.5. The Balaban J connectivity index is 2.16. The summed E-state index contributed by atoms with van der Waals surface area (Å²) in [5.74, 6) is 0.557. The van der Waals surface area contributed by atoms with E-state index in [9.17, 15) is 8.42 Å². The molecule has 1 N–H and O–H groups in total. The molecule has 1 aliphatic carbocycles. The molecule has 2 rings (SSSR count). The van der Waals surface area contributed by atoms with Crippen LogP contribution in [0, 0.1) is 0 Å². The topological polar surface area (TPSA) is 55.4 Å². The van der Waals surface area contributed by atoms with Crippen LogP contribution in [0.15, 0.2) is 27.6 Å². The number of hydrogen-bond donors (Lipinski definition) is 1. The number of nitrogens with one attached hydrogen (secondary N) is 1. The molecule has 1 saturated carbocycles. The average Bonchev–Trinajstić information content (AvgIpc) is 2.69. The first kappa shape index (κ1) is 16.8. The van der Waals surface area contributed by atoms with E-state index in [1.165, 1.54) is 12.8 Å². The van der Waals surface area contributed by atoms with Gasteiger partial charge in [0.15, 0.2) is 0 Å². The normalized spacial score (nSPS) is 17.4. The number of rotatable bonds is 5. The highest BCUT2D eigenvalue weighted by molar-refractivity contribution is 9.10. The molecule has 1 aliphatic rings. The summed E-state index contributed by atoms with van der Waals surface area (Å²) in [4.78, 5) is 0.262. The molecule has 0 radical (unpaired) electrons. The quantitative estimate of drug-likeness (QED) is 0.795. The lowest BCUT2D eigenvalue weighted by atomic mass is 10.1. The fourth-order valence-electron chi connectivity index (χ4n) is 2.60. The van der Waals surface area contributed by atoms with Crippen LogP contribution in [0.4, 0.5) is 0 Å². The third-order valence-corrected chi connectivity index (χ3v) is 5.86. The van der Waals surface area contributed by atoms with Gasteiger partial charge in [0, 0.05) is 12.1 Å². The van der Waals surface area contributed by atoms with Gasteiger partial charge in [-0.2, -0.15) is 0 Å². The second-order valence-corrected chi connectivity index (χ2v) is 7.90. The Hall–Kier alpha value is -0.590. The second-order valence-electron chi connectivity index (χ2n) is 5.34. The van der Waals surface area contributed by atoms with E-state index < -0.39 is 10.0 Å². The van der Waals surface area contributed by atoms with Gasteiger partial charge < -0.3 is 4.74 Å². The zero-order chi connectivity index (χ0) is 15.3. The summed E-state index contributed by atoms with van der Waals surface area (Å²) < 4.78 is 34.0. The van der Waals surface area contributed by atoms with Crippen molar-refractivity contribution in [3.05, 3.63) is 22.7 Å². The molecule has 21 heavy (non-hydrogen) atoms. The summed E-state index contributed by atoms with van der Waals surface area (Å²) in [5, 5.41) is 0. The molecule has 0 spiro atoms. The van der Waals surface area contributed by atoms with Crippen LogP contribution in [0.1, 0.15) is 45.4 Å². The molecule has 4 nitrogen and oxygen atoms in total. The third-order valence-electron chi connectivity index (χ3n) is 3.69. The number of sulfonamides is 1. The van der Waals surface area contributed by atoms with Crippen molar-refractivity contribution in [1.29, 1.82) is 0 Å². The largest absolute Gasteiger partial charge is 0.493 e. The highest BCUT2D eigenvalue weighted by Crippen LogP contribution is 2.28. The highest BCUT2D eigenvalue weighted by atomic mass is 79.9. The van der Waals surface area contributed by atoms with Crippen LogP contribution in [0.2, 0.25) is 0 Å². The van der Waals surface area contributed by atoms with Gasteiger partial charge in [-0.25, -0.2) is 13.1 Å². The van der Waals surface area contributed by atoms with Crippen LogP contribution in [0.3, 0.4) is 0 Å². The maximum atomic E-state index is 12.5. The van der Waals surface area contributed by atoms with Crippen LogP contribution in [-0.4, -0.2) is 21.1 Å². The molecule has 1 aromatic carbocycles. The van der Waals surface area contributed by atoms with Crippen molar-refractivity contribution in [3.8, 4) is 5.75 Å². The van der Waals surface area contributed by atoms with Crippen molar-refractivity contribution < 1.29 is 13.2 Å². The Labute approximate surface area is 135 Å². The lowest BCUT2D eigenvalue weighted by Gasteiger charge is -2.17. The van der Waals surface area contributed by atoms with Gasteiger partial charge in [-0.15, -0.1) is 0 Å². The predicted octanol–water partition coefficient (Wildman–Crippen LogP) is 3.85. The minimum Gasteiger partial charge on any atom is -0.493 e. The van der Waals surface area contributed by atoms with Crippen LogP contribution in [0.5, 0.6) is 5.75 Å². The zero-order valence-corrected chi connectivity index (χ0v) is 14.7. The molecular weight excluding hydrogens is 354 g/mol. The van der Waals surface area contributed by atoms with Crippen LogP contribution >= 0.6 is 15.9 Å². The molecule has 0 unspecified atom stereocenters. The minimum absolute atomic E-state index is 0.0525. The van der Waals surface area contributed by atoms with Gasteiger partial charge in [0.05, 0.1) is 16.0 Å². The van der Waals surface area contributed by atoms with E-state index in [1.54, 1.807) is 18.2 Å². The van der Waals surface area contributed by atoms with E-state index in [2.05, 4.69) is 20.7 Å². The van der Waals surface area contributed by atoms with E-state index in [4.69, 9.17) is 4.74 Å². The lowest BCUT2D eigenvalue weighted by molar-refractivity contribution is 0.337. The summed E-state index contributed by atoms with van der Waals surface area (Å²) in [6.45, 7) is 2.37. The number of ether oxygens (including phenoxy) is 1. The van der Waals surface area contributed by atoms with Crippen molar-refractivity contribution in [2.75, 3.05) is 6.61 Å². The molecule has 6 heteroatoms. The molecule has 0 heterocycles. The average molecular weight is 376 g/mol. The van der Waals surface area contributed by atoms with Gasteiger partial charge >= 0.3 is 0 Å². The van der Waals surface area contributed by atoms with E-state index in [1.807, 2.05) is 6.92 Å². The first-order valence-corrected chi connectivity index (χ1v) is 9.75. The smallest absolute Gasteiger partial charge is 0.240 e. The van der Waals surface area contributed by atoms with Crippen molar-refractivity contribution >= 4 is 26.0 Å². The lowest BCUT2D eigenvalue weighted by Crippen LogP contribution is -2.34. The minimum atomic E-state index is -3.48. The fourth-order valence-corrected chi connectivity index (χ4v) is 4.28. The molecule has 1 fully saturated rings. The van der Waals surface area contributed by atoms with Crippen molar-refractivity contribution in [1.82, 2.24) is 4.72 Å². The Morgan fingerprint density at radius 2 is 1.90 bits per heavy atom. The summed E-state index contributed by atoms with van der Waals surface area (Å²) in [6, 6.07) is 4.95. The van der Waals surface area contributed by atoms with E-state index in [0.717, 1.165) is 30.2 Å². The first-order valence-electron chi connectivity index (χ1n) is 7.47. The number of halogens is 1. The van der Waals surface area contributed by atoms with Crippen molar-refractivity contribution in [2.24, 2.45) is 0 Å². The highest BCUT2D eigenvalue weighted by Gasteiger charge is 2.22. The Kier molecular flexibility index (Phi) is 6.08. The van der Waals surface area contributed by atoms with Crippen molar-refractivity contribution in [3.63, 3.8) is 0 Å². The SMILES string of the molecule is CCOc1cc(S(=O)(=O)NC2CCCCCC2)ccc1Br. The molecule has 0 aromatic heterocycles. The molecule has 1 aromatic rings. The summed E-state index contributed by atoms with van der Waals surface area (Å²) in [7, 11) is -3.48. The molecule has 118 valence electrons. The Morgan fingerprint density at radius 1 is 1.24 bits per heavy atom. The first-order chi connectivity index (χ1) is 10.0. The second kappa shape index (κ2) is 7.61. The summed E-state index contributed by atoms with van der Waals surface area (Å²) >= 11 is 3.37. The fraction of sp³-hybridized carbons (Fsp3) is 0.600. The molecule has 0 aliphatic heterocycles. The van der Waals surface area contributed by atoms with Gasteiger partial charge in [0.1, 0.15) is 5.75 Å². The molecule has 0 saturated heterocycles. The van der Waals surface area contributed by atoms with Gasteiger partial charge in [0.25, 0.3) is 0 Å². The van der Waals surface area contributed by atoms with E-state index >= 15 is 0 Å². The van der Waals surface area contributed by atoms with E-state index in [-0.39, 0.29) is 10.9 Å². The molecule has 0 bridgehead atoms. The van der Waals surface area contributed by atoms with Gasteiger partial charge in [-0.1, -0.05) is 25.7 Å². The monoisotopic (exact) mass is 375 g/mol. The van der Waals surface area contributed by atoms with Crippen LogP contribution in [-0.2, 0) is 10.0 Å². The Bertz CT molecular complexity index is 566. The standard InChI is InChI=1S/C15H22BrNO3S/c1-2-20-15-11-13(9-10-14(15)16)21(18,19)17-12-7-5-3-4-6-8-12/h9-12,17H,2-8H2,1H3. The Morgan fingerprint density at radius 3 is 2.52 bits per heavy atom. The molecule has 0 atom stereocenters. The van der Waals surface area contributed by atoms with Crippen molar-refractivity contribution in [2.45, 2.75) is 56.4 Å². The predicted molar refractivity (Wildman–Crippen MR) is 87.1 cm³/mol. The zero-order valence-electron chi connectivity index (χ0n) is 12.3. The van der Waals surface area contributed by atoms with Gasteiger partial charge in [-0.05, 0) is 47.8 Å². The van der Waals surface area contributed by atoms with Crippen LogP contribution in [0.25, 0.3) is 0 Å². The summed E-state index contributed by atoms with van der Waals surface area (Å²) in [5.41, 5.74) is 0. The van der Waals surface area contributed by atoms with E-state index in [0.29, 0.717) is 12.4 Å².